The summed E-state index contributed by atoms with van der Waals surface area (Å²) in [5.41, 5.74) is 0.00653. The highest BCUT2D eigenvalue weighted by molar-refractivity contribution is 7.09. The van der Waals surface area contributed by atoms with E-state index in [0.29, 0.717) is 18.1 Å². The fourth-order valence-electron chi connectivity index (χ4n) is 2.68. The van der Waals surface area contributed by atoms with Crippen LogP contribution in [0, 0.1) is 5.82 Å². The highest BCUT2D eigenvalue weighted by Gasteiger charge is 2.25. The fraction of sp³-hybridized carbons (Fsp3) is 0.353. The molecule has 0 spiro atoms. The molecule has 23 heavy (non-hydrogen) atoms. The van der Waals surface area contributed by atoms with Crippen molar-refractivity contribution in [2.24, 2.45) is 0 Å². The number of amides is 1. The highest BCUT2D eigenvalue weighted by atomic mass is 35.5. The van der Waals surface area contributed by atoms with Gasteiger partial charge in [-0.05, 0) is 42.5 Å². The molecule has 0 radical (unpaired) electrons. The summed E-state index contributed by atoms with van der Waals surface area (Å²) in [6.07, 6.45) is 1.94. The molecule has 1 saturated heterocycles. The second-order valence-corrected chi connectivity index (χ2v) is 6.99. The van der Waals surface area contributed by atoms with E-state index >= 15 is 0 Å². The Morgan fingerprint density at radius 3 is 3.00 bits per heavy atom. The summed E-state index contributed by atoms with van der Waals surface area (Å²) in [6, 6.07) is 7.96. The largest absolute Gasteiger partial charge is 0.376 e. The Morgan fingerprint density at radius 2 is 2.30 bits per heavy atom. The molecule has 0 N–H and O–H groups in total. The lowest BCUT2D eigenvalue weighted by Gasteiger charge is -2.25. The third-order valence-corrected chi connectivity index (χ3v) is 4.92. The first-order chi connectivity index (χ1) is 11.1. The second kappa shape index (κ2) is 7.43. The van der Waals surface area contributed by atoms with Crippen LogP contribution in [-0.4, -0.2) is 30.1 Å². The minimum atomic E-state index is -0.553. The smallest absolute Gasteiger partial charge is 0.257 e. The SMILES string of the molecule is O=C(c1cc(Cl)ccc1F)N(Cc1cccs1)C[C@@H]1CCCO1. The van der Waals surface area contributed by atoms with Gasteiger partial charge in [0.15, 0.2) is 0 Å². The van der Waals surface area contributed by atoms with Gasteiger partial charge in [0.1, 0.15) is 5.82 Å². The van der Waals surface area contributed by atoms with Gasteiger partial charge in [0, 0.05) is 23.1 Å². The first-order valence-corrected chi connectivity index (χ1v) is 8.77. The maximum Gasteiger partial charge on any atom is 0.257 e. The van der Waals surface area contributed by atoms with Gasteiger partial charge in [0.05, 0.1) is 18.2 Å². The van der Waals surface area contributed by atoms with Gasteiger partial charge in [-0.1, -0.05) is 17.7 Å². The molecule has 1 atom stereocenters. The van der Waals surface area contributed by atoms with E-state index in [1.807, 2.05) is 17.5 Å². The minimum absolute atomic E-state index is 0.00653. The average molecular weight is 354 g/mol. The number of hydrogen-bond donors (Lipinski definition) is 0. The molecule has 2 heterocycles. The number of rotatable bonds is 5. The number of thiophene rings is 1. The van der Waals surface area contributed by atoms with Crippen LogP contribution in [0.3, 0.4) is 0 Å². The van der Waals surface area contributed by atoms with Crippen molar-refractivity contribution in [3.05, 3.63) is 57.0 Å². The van der Waals surface area contributed by atoms with Crippen LogP contribution in [0.1, 0.15) is 28.1 Å². The van der Waals surface area contributed by atoms with Crippen LogP contribution in [-0.2, 0) is 11.3 Å². The van der Waals surface area contributed by atoms with Crippen LogP contribution in [0.4, 0.5) is 4.39 Å². The highest BCUT2D eigenvalue weighted by Crippen LogP contribution is 2.22. The van der Waals surface area contributed by atoms with Gasteiger partial charge >= 0.3 is 0 Å². The molecule has 2 aromatic rings. The molecule has 0 saturated carbocycles. The Bertz CT molecular complexity index is 671. The molecule has 1 aromatic carbocycles. The van der Waals surface area contributed by atoms with Gasteiger partial charge < -0.3 is 9.64 Å². The molecule has 0 bridgehead atoms. The van der Waals surface area contributed by atoms with Gasteiger partial charge in [0.2, 0.25) is 0 Å². The summed E-state index contributed by atoms with van der Waals surface area (Å²) in [7, 11) is 0. The average Bonchev–Trinajstić information content (AvgIpc) is 3.22. The number of benzene rings is 1. The lowest BCUT2D eigenvalue weighted by atomic mass is 10.1. The van der Waals surface area contributed by atoms with Crippen LogP contribution in [0.5, 0.6) is 0 Å². The quantitative estimate of drug-likeness (QED) is 0.799. The van der Waals surface area contributed by atoms with Crippen LogP contribution in [0.2, 0.25) is 5.02 Å². The van der Waals surface area contributed by atoms with E-state index in [4.69, 9.17) is 16.3 Å². The van der Waals surface area contributed by atoms with Crippen LogP contribution in [0.25, 0.3) is 0 Å². The maximum atomic E-state index is 14.0. The number of carbonyl (C=O) groups excluding carboxylic acids is 1. The van der Waals surface area contributed by atoms with E-state index in [0.717, 1.165) is 24.3 Å². The molecule has 1 aliphatic rings. The lowest BCUT2D eigenvalue weighted by molar-refractivity contribution is 0.0506. The topological polar surface area (TPSA) is 29.5 Å². The number of halogens is 2. The zero-order valence-electron chi connectivity index (χ0n) is 12.5. The van der Waals surface area contributed by atoms with Gasteiger partial charge in [-0.25, -0.2) is 4.39 Å². The summed E-state index contributed by atoms with van der Waals surface area (Å²) < 4.78 is 19.7. The number of ether oxygens (including phenoxy) is 1. The first-order valence-electron chi connectivity index (χ1n) is 7.52. The van der Waals surface area contributed by atoms with Gasteiger partial charge in [-0.3, -0.25) is 4.79 Å². The van der Waals surface area contributed by atoms with Crippen LogP contribution in [0.15, 0.2) is 35.7 Å². The Balaban J connectivity index is 1.83. The molecule has 0 aliphatic carbocycles. The molecule has 1 aliphatic heterocycles. The van der Waals surface area contributed by atoms with Crippen molar-refractivity contribution in [2.45, 2.75) is 25.5 Å². The summed E-state index contributed by atoms with van der Waals surface area (Å²) in [6.45, 7) is 1.63. The zero-order valence-corrected chi connectivity index (χ0v) is 14.1. The van der Waals surface area contributed by atoms with Gasteiger partial charge in [-0.15, -0.1) is 11.3 Å². The summed E-state index contributed by atoms with van der Waals surface area (Å²) in [4.78, 5) is 15.5. The third kappa shape index (κ3) is 4.10. The first kappa shape index (κ1) is 16.4. The molecule has 3 nitrogen and oxygen atoms in total. The molecule has 0 unspecified atom stereocenters. The standard InChI is InChI=1S/C17H17ClFNO2S/c18-12-5-6-16(19)15(9-12)17(21)20(10-13-3-1-7-22-13)11-14-4-2-8-23-14/h2,4-6,8-9,13H,1,3,7,10-11H2/t13-/m0/s1. The maximum absolute atomic E-state index is 14.0. The molecule has 1 amide bonds. The minimum Gasteiger partial charge on any atom is -0.376 e. The molecule has 3 rings (SSSR count). The van der Waals surface area contributed by atoms with Crippen molar-refractivity contribution in [3.8, 4) is 0 Å². The predicted molar refractivity (Wildman–Crippen MR) is 89.4 cm³/mol. The number of carbonyl (C=O) groups is 1. The Morgan fingerprint density at radius 1 is 1.43 bits per heavy atom. The molecule has 122 valence electrons. The Labute approximate surface area is 143 Å². The van der Waals surface area contributed by atoms with Crippen LogP contribution < -0.4 is 0 Å². The van der Waals surface area contributed by atoms with E-state index < -0.39 is 5.82 Å². The summed E-state index contributed by atoms with van der Waals surface area (Å²) in [5.74, 6) is -0.906. The zero-order chi connectivity index (χ0) is 16.2. The monoisotopic (exact) mass is 353 g/mol. The van der Waals surface area contributed by atoms with E-state index in [9.17, 15) is 9.18 Å². The van der Waals surface area contributed by atoms with Crippen molar-refractivity contribution in [1.82, 2.24) is 4.90 Å². The third-order valence-electron chi connectivity index (χ3n) is 3.82. The summed E-state index contributed by atoms with van der Waals surface area (Å²) >= 11 is 7.49. The van der Waals surface area contributed by atoms with E-state index in [2.05, 4.69) is 0 Å². The van der Waals surface area contributed by atoms with Crippen molar-refractivity contribution >= 4 is 28.8 Å². The summed E-state index contributed by atoms with van der Waals surface area (Å²) in [5, 5.41) is 2.31. The lowest BCUT2D eigenvalue weighted by Crippen LogP contribution is -2.37. The Kier molecular flexibility index (Phi) is 5.30. The van der Waals surface area contributed by atoms with Crippen molar-refractivity contribution in [1.29, 1.82) is 0 Å². The molecular formula is C17H17ClFNO2S. The van der Waals surface area contributed by atoms with Gasteiger partial charge in [0.25, 0.3) is 5.91 Å². The predicted octanol–water partition coefficient (Wildman–Crippen LogP) is 4.36. The van der Waals surface area contributed by atoms with E-state index in [-0.39, 0.29) is 17.6 Å². The second-order valence-electron chi connectivity index (χ2n) is 5.52. The number of hydrogen-bond acceptors (Lipinski definition) is 3. The van der Waals surface area contributed by atoms with Crippen molar-refractivity contribution < 1.29 is 13.9 Å². The van der Waals surface area contributed by atoms with Crippen molar-refractivity contribution in [3.63, 3.8) is 0 Å². The molecule has 1 aromatic heterocycles. The normalized spacial score (nSPS) is 17.4. The molecule has 1 fully saturated rings. The Hall–Kier alpha value is -1.43. The van der Waals surface area contributed by atoms with E-state index in [1.54, 1.807) is 16.2 Å². The van der Waals surface area contributed by atoms with Crippen molar-refractivity contribution in [2.75, 3.05) is 13.2 Å². The fourth-order valence-corrected chi connectivity index (χ4v) is 3.57. The molecular weight excluding hydrogens is 337 g/mol. The van der Waals surface area contributed by atoms with Gasteiger partial charge in [-0.2, -0.15) is 0 Å². The molecule has 6 heteroatoms. The van der Waals surface area contributed by atoms with Crippen LogP contribution >= 0.6 is 22.9 Å². The number of nitrogens with zero attached hydrogens (tertiary/aromatic N) is 1. The van der Waals surface area contributed by atoms with E-state index in [1.165, 1.54) is 18.2 Å².